The van der Waals surface area contributed by atoms with E-state index in [0.29, 0.717) is 12.2 Å². The molecule has 1 aromatic carbocycles. The summed E-state index contributed by atoms with van der Waals surface area (Å²) in [6.45, 7) is 0.582. The van der Waals surface area contributed by atoms with E-state index in [2.05, 4.69) is 10.6 Å². The van der Waals surface area contributed by atoms with Crippen LogP contribution < -0.4 is 21.3 Å². The highest BCUT2D eigenvalue weighted by Gasteiger charge is 2.12. The summed E-state index contributed by atoms with van der Waals surface area (Å²) in [6, 6.07) is 7.22. The molecule has 2 amide bonds. The van der Waals surface area contributed by atoms with Crippen molar-refractivity contribution < 1.29 is 9.59 Å². The van der Waals surface area contributed by atoms with Gasteiger partial charge in [0.1, 0.15) is 0 Å². The molecule has 0 bridgehead atoms. The van der Waals surface area contributed by atoms with Crippen molar-refractivity contribution in [2.24, 2.45) is 5.73 Å². The average Bonchev–Trinajstić information content (AvgIpc) is 2.36. The molecule has 6 nitrogen and oxygen atoms in total. The van der Waals surface area contributed by atoms with Gasteiger partial charge in [0.2, 0.25) is 0 Å². The van der Waals surface area contributed by atoms with Gasteiger partial charge in [-0.2, -0.15) is 0 Å². The zero-order valence-corrected chi connectivity index (χ0v) is 10.6. The van der Waals surface area contributed by atoms with E-state index in [9.17, 15) is 9.59 Å². The molecule has 0 saturated heterocycles. The number of anilines is 2. The third-order valence-electron chi connectivity index (χ3n) is 2.26. The third kappa shape index (κ3) is 4.06. The number of rotatable bonds is 4. The van der Waals surface area contributed by atoms with Gasteiger partial charge in [0.25, 0.3) is 0 Å². The molecule has 6 heteroatoms. The number of benzene rings is 1. The predicted molar refractivity (Wildman–Crippen MR) is 71.5 cm³/mol. The number of hydrogen-bond acceptors (Lipinski definition) is 4. The zero-order chi connectivity index (χ0) is 13.5. The summed E-state index contributed by atoms with van der Waals surface area (Å²) in [5.74, 6) is -1.38. The highest BCUT2D eigenvalue weighted by atomic mass is 16.2. The number of nitrogens with two attached hydrogens (primary N) is 1. The first kappa shape index (κ1) is 14.0. The minimum Gasteiger partial charge on any atom is -0.378 e. The largest absolute Gasteiger partial charge is 0.378 e. The normalized spacial score (nSPS) is 9.72. The fourth-order valence-corrected chi connectivity index (χ4v) is 1.32. The first-order chi connectivity index (χ1) is 8.54. The van der Waals surface area contributed by atoms with E-state index < -0.39 is 11.8 Å². The molecule has 0 fully saturated rings. The second-order valence-electron chi connectivity index (χ2n) is 3.94. The zero-order valence-electron chi connectivity index (χ0n) is 10.6. The van der Waals surface area contributed by atoms with Crippen molar-refractivity contribution in [1.29, 1.82) is 0 Å². The molecule has 0 aliphatic carbocycles. The summed E-state index contributed by atoms with van der Waals surface area (Å²) < 4.78 is 0. The van der Waals surface area contributed by atoms with E-state index in [-0.39, 0.29) is 6.54 Å². The van der Waals surface area contributed by atoms with Crippen LogP contribution in [-0.4, -0.2) is 39.0 Å². The van der Waals surface area contributed by atoms with Gasteiger partial charge in [0, 0.05) is 38.6 Å². The van der Waals surface area contributed by atoms with Crippen molar-refractivity contribution >= 4 is 23.2 Å². The first-order valence-electron chi connectivity index (χ1n) is 5.61. The summed E-state index contributed by atoms with van der Waals surface area (Å²) in [5, 5.41) is 4.93. The molecule has 0 atom stereocenters. The Kier molecular flexibility index (Phi) is 5.13. The molecule has 0 radical (unpaired) electrons. The van der Waals surface area contributed by atoms with Crippen molar-refractivity contribution in [1.82, 2.24) is 5.32 Å². The molecular formula is C12H18N4O2. The molecule has 4 N–H and O–H groups in total. The van der Waals surface area contributed by atoms with Gasteiger partial charge in [-0.15, -0.1) is 0 Å². The van der Waals surface area contributed by atoms with Crippen LogP contribution in [0.5, 0.6) is 0 Å². The van der Waals surface area contributed by atoms with Crippen LogP contribution in [0.4, 0.5) is 11.4 Å². The minimum atomic E-state index is -0.695. The van der Waals surface area contributed by atoms with E-state index in [1.165, 1.54) is 0 Å². The quantitative estimate of drug-likeness (QED) is 0.644. The minimum absolute atomic E-state index is 0.282. The second-order valence-corrected chi connectivity index (χ2v) is 3.94. The maximum atomic E-state index is 11.5. The van der Waals surface area contributed by atoms with Gasteiger partial charge in [-0.05, 0) is 18.2 Å². The van der Waals surface area contributed by atoms with Crippen molar-refractivity contribution in [2.45, 2.75) is 0 Å². The maximum absolute atomic E-state index is 11.5. The first-order valence-corrected chi connectivity index (χ1v) is 5.61. The van der Waals surface area contributed by atoms with Crippen LogP contribution in [-0.2, 0) is 9.59 Å². The van der Waals surface area contributed by atoms with E-state index in [4.69, 9.17) is 5.73 Å². The summed E-state index contributed by atoms with van der Waals surface area (Å²) in [4.78, 5) is 24.8. The molecule has 0 heterocycles. The molecule has 98 valence electrons. The Hall–Kier alpha value is -2.08. The standard InChI is InChI=1S/C12H18N4O2/c1-16(2)10-5-3-4-9(8-10)15-12(18)11(17)14-7-6-13/h3-5,8H,6-7,13H2,1-2H3,(H,14,17)(H,15,18). The van der Waals surface area contributed by atoms with Crippen molar-refractivity contribution in [3.05, 3.63) is 24.3 Å². The Labute approximate surface area is 106 Å². The van der Waals surface area contributed by atoms with Crippen LogP contribution in [0.15, 0.2) is 24.3 Å². The Morgan fingerprint density at radius 3 is 2.61 bits per heavy atom. The average molecular weight is 250 g/mol. The van der Waals surface area contributed by atoms with Crippen molar-refractivity contribution in [3.8, 4) is 0 Å². The number of carbonyl (C=O) groups is 2. The Morgan fingerprint density at radius 2 is 2.00 bits per heavy atom. The number of amides is 2. The molecule has 1 aromatic rings. The molecule has 0 aliphatic heterocycles. The maximum Gasteiger partial charge on any atom is 0.313 e. The molecule has 0 unspecified atom stereocenters. The van der Waals surface area contributed by atoms with E-state index in [1.807, 2.05) is 31.1 Å². The van der Waals surface area contributed by atoms with Gasteiger partial charge in [-0.3, -0.25) is 9.59 Å². The van der Waals surface area contributed by atoms with Crippen LogP contribution in [0.25, 0.3) is 0 Å². The van der Waals surface area contributed by atoms with E-state index in [0.717, 1.165) is 5.69 Å². The SMILES string of the molecule is CN(C)c1cccc(NC(=O)C(=O)NCCN)c1. The van der Waals surface area contributed by atoms with Gasteiger partial charge in [0.15, 0.2) is 0 Å². The number of hydrogen-bond donors (Lipinski definition) is 3. The molecule has 0 spiro atoms. The van der Waals surface area contributed by atoms with E-state index >= 15 is 0 Å². The second kappa shape index (κ2) is 6.61. The highest BCUT2D eigenvalue weighted by Crippen LogP contribution is 2.16. The molecule has 1 rings (SSSR count). The fraction of sp³-hybridized carbons (Fsp3) is 0.333. The van der Waals surface area contributed by atoms with Crippen LogP contribution in [0.1, 0.15) is 0 Å². The number of carbonyl (C=O) groups excluding carboxylic acids is 2. The third-order valence-corrected chi connectivity index (χ3v) is 2.26. The molecule has 18 heavy (non-hydrogen) atoms. The number of nitrogens with zero attached hydrogens (tertiary/aromatic N) is 1. The lowest BCUT2D eigenvalue weighted by Gasteiger charge is -2.13. The molecule has 0 saturated carbocycles. The Balaban J connectivity index is 2.64. The lowest BCUT2D eigenvalue weighted by molar-refractivity contribution is -0.136. The van der Waals surface area contributed by atoms with Crippen LogP contribution in [0, 0.1) is 0 Å². The van der Waals surface area contributed by atoms with Gasteiger partial charge >= 0.3 is 11.8 Å². The van der Waals surface area contributed by atoms with Gasteiger partial charge in [0.05, 0.1) is 0 Å². The monoisotopic (exact) mass is 250 g/mol. The van der Waals surface area contributed by atoms with Crippen LogP contribution >= 0.6 is 0 Å². The molecular weight excluding hydrogens is 232 g/mol. The Morgan fingerprint density at radius 1 is 1.28 bits per heavy atom. The summed E-state index contributed by atoms with van der Waals surface area (Å²) >= 11 is 0. The fourth-order valence-electron chi connectivity index (χ4n) is 1.32. The van der Waals surface area contributed by atoms with Gasteiger partial charge < -0.3 is 21.3 Å². The summed E-state index contributed by atoms with van der Waals surface area (Å²) in [5.41, 5.74) is 6.75. The predicted octanol–water partition coefficient (Wildman–Crippen LogP) is -0.234. The smallest absolute Gasteiger partial charge is 0.313 e. The molecule has 0 aliphatic rings. The van der Waals surface area contributed by atoms with Crippen molar-refractivity contribution in [2.75, 3.05) is 37.4 Å². The van der Waals surface area contributed by atoms with Crippen LogP contribution in [0.3, 0.4) is 0 Å². The molecule has 0 aromatic heterocycles. The number of nitrogens with one attached hydrogen (secondary N) is 2. The Bertz CT molecular complexity index is 432. The topological polar surface area (TPSA) is 87.5 Å². The summed E-state index contributed by atoms with van der Waals surface area (Å²) in [7, 11) is 3.80. The van der Waals surface area contributed by atoms with Crippen molar-refractivity contribution in [3.63, 3.8) is 0 Å². The lowest BCUT2D eigenvalue weighted by Crippen LogP contribution is -2.37. The highest BCUT2D eigenvalue weighted by molar-refractivity contribution is 6.39. The lowest BCUT2D eigenvalue weighted by atomic mass is 10.2. The van der Waals surface area contributed by atoms with E-state index in [1.54, 1.807) is 12.1 Å². The van der Waals surface area contributed by atoms with Gasteiger partial charge in [-0.25, -0.2) is 0 Å². The van der Waals surface area contributed by atoms with Crippen LogP contribution in [0.2, 0.25) is 0 Å². The summed E-state index contributed by atoms with van der Waals surface area (Å²) in [6.07, 6.45) is 0. The van der Waals surface area contributed by atoms with Gasteiger partial charge in [-0.1, -0.05) is 6.07 Å².